The Morgan fingerprint density at radius 1 is 1.27 bits per heavy atom. The number of carbonyl (C=O) groups is 1. The molecule has 136 valence electrons. The van der Waals surface area contributed by atoms with Crippen LogP contribution in [0.2, 0.25) is 0 Å². The van der Waals surface area contributed by atoms with E-state index in [2.05, 4.69) is 4.98 Å². The van der Waals surface area contributed by atoms with E-state index in [0.29, 0.717) is 17.2 Å². The van der Waals surface area contributed by atoms with Crippen molar-refractivity contribution >= 4 is 21.1 Å². The molecule has 1 amide bonds. The molecule has 0 spiro atoms. The number of amides is 1. The van der Waals surface area contributed by atoms with Gasteiger partial charge in [0.05, 0.1) is 6.61 Å². The minimum atomic E-state index is -5.71. The maximum Gasteiger partial charge on any atom is 1.00 e. The van der Waals surface area contributed by atoms with Crippen molar-refractivity contribution in [1.29, 1.82) is 0 Å². The summed E-state index contributed by atoms with van der Waals surface area (Å²) in [7, 11) is -11.0. The Balaban J connectivity index is 0. The molecule has 0 aliphatic rings. The molecule has 1 unspecified atom stereocenters. The fourth-order valence-electron chi connectivity index (χ4n) is 1.97. The largest absolute Gasteiger partial charge is 1.00 e. The second-order valence-corrected chi connectivity index (χ2v) is 8.55. The molecular formula is C12H18N2Na2O8P2. The minimum Gasteiger partial charge on any atom is -0.809 e. The van der Waals surface area contributed by atoms with Crippen LogP contribution in [0.15, 0.2) is 24.4 Å². The zero-order valence-corrected chi connectivity index (χ0v) is 20.6. The van der Waals surface area contributed by atoms with Crippen LogP contribution < -0.4 is 73.6 Å². The zero-order chi connectivity index (χ0) is 18.4. The van der Waals surface area contributed by atoms with E-state index in [-0.39, 0.29) is 78.7 Å². The van der Waals surface area contributed by atoms with Gasteiger partial charge in [-0.3, -0.25) is 9.36 Å². The molecule has 1 rings (SSSR count). The molecule has 2 N–H and O–H groups in total. The van der Waals surface area contributed by atoms with Gasteiger partial charge in [0.1, 0.15) is 0 Å². The summed E-state index contributed by atoms with van der Waals surface area (Å²) < 4.78 is 27.7. The number of nitrogens with zero attached hydrogens (tertiary/aromatic N) is 2. The number of aromatic nitrogens is 1. The number of hydrogen-bond acceptors (Lipinski definition) is 7. The van der Waals surface area contributed by atoms with Crippen LogP contribution in [0.1, 0.15) is 19.8 Å². The van der Waals surface area contributed by atoms with Crippen LogP contribution in [0.3, 0.4) is 0 Å². The molecule has 1 heterocycles. The second kappa shape index (κ2) is 13.0. The van der Waals surface area contributed by atoms with Gasteiger partial charge in [0.2, 0.25) is 11.8 Å². The molecule has 1 aromatic rings. The number of ether oxygens (including phenoxy) is 1. The first-order valence-electron chi connectivity index (χ1n) is 6.91. The van der Waals surface area contributed by atoms with Gasteiger partial charge in [-0.15, -0.1) is 0 Å². The van der Waals surface area contributed by atoms with Gasteiger partial charge in [-0.2, -0.15) is 0 Å². The van der Waals surface area contributed by atoms with Crippen molar-refractivity contribution in [3.8, 4) is 5.88 Å². The van der Waals surface area contributed by atoms with Crippen molar-refractivity contribution in [2.24, 2.45) is 0 Å². The number of hydrogen-bond donors (Lipinski definition) is 2. The number of rotatable bonds is 9. The molecule has 0 bridgehead atoms. The maximum atomic E-state index is 11.5. The molecule has 1 aromatic heterocycles. The predicted molar refractivity (Wildman–Crippen MR) is 79.8 cm³/mol. The first kappa shape index (κ1) is 28.9. The number of pyridine rings is 1. The van der Waals surface area contributed by atoms with Crippen LogP contribution in [0.5, 0.6) is 5.88 Å². The molecule has 0 fully saturated rings. The van der Waals surface area contributed by atoms with Gasteiger partial charge in [0.25, 0.3) is 0 Å². The summed E-state index contributed by atoms with van der Waals surface area (Å²) in [5.74, 6) is -0.529. The Morgan fingerprint density at radius 2 is 1.88 bits per heavy atom. The van der Waals surface area contributed by atoms with Gasteiger partial charge in [0, 0.05) is 25.7 Å². The van der Waals surface area contributed by atoms with Crippen molar-refractivity contribution in [2.45, 2.75) is 25.3 Å². The molecular weight excluding hydrogens is 408 g/mol. The average Bonchev–Trinajstić information content (AvgIpc) is 2.43. The average molecular weight is 426 g/mol. The third-order valence-electron chi connectivity index (χ3n) is 2.95. The fraction of sp³-hybridized carbons (Fsp3) is 0.500. The normalized spacial score (nSPS) is 12.3. The van der Waals surface area contributed by atoms with Gasteiger partial charge in [-0.05, 0) is 26.5 Å². The molecule has 0 aliphatic carbocycles. The van der Waals surface area contributed by atoms with Crippen LogP contribution in [0.25, 0.3) is 0 Å². The Kier molecular flexibility index (Phi) is 14.5. The summed E-state index contributed by atoms with van der Waals surface area (Å²) in [4.78, 5) is 56.3. The first-order chi connectivity index (χ1) is 11.0. The molecule has 0 saturated heterocycles. The van der Waals surface area contributed by atoms with Crippen LogP contribution in [0.4, 0.5) is 0 Å². The van der Waals surface area contributed by atoms with Crippen molar-refractivity contribution in [3.63, 3.8) is 0 Å². The summed E-state index contributed by atoms with van der Waals surface area (Å²) in [5.41, 5.74) is -2.70. The van der Waals surface area contributed by atoms with Gasteiger partial charge >= 0.3 is 66.7 Å². The zero-order valence-electron chi connectivity index (χ0n) is 14.8. The Bertz CT molecular complexity index is 617. The van der Waals surface area contributed by atoms with Gasteiger partial charge in [-0.1, -0.05) is 6.07 Å². The quantitative estimate of drug-likeness (QED) is 0.222. The molecule has 0 aliphatic heterocycles. The smallest absolute Gasteiger partial charge is 0.809 e. The van der Waals surface area contributed by atoms with Crippen molar-refractivity contribution in [2.75, 3.05) is 13.2 Å². The summed E-state index contributed by atoms with van der Waals surface area (Å²) in [6, 6.07) is 5.07. The maximum absolute atomic E-state index is 11.5. The number of unbranched alkanes of at least 4 members (excludes halogenated alkanes) is 1. The van der Waals surface area contributed by atoms with Crippen molar-refractivity contribution < 1.29 is 97.3 Å². The van der Waals surface area contributed by atoms with Crippen molar-refractivity contribution in [3.05, 3.63) is 24.4 Å². The van der Waals surface area contributed by atoms with E-state index in [9.17, 15) is 23.7 Å². The predicted octanol–water partition coefficient (Wildman–Crippen LogP) is -6.53. The van der Waals surface area contributed by atoms with E-state index in [4.69, 9.17) is 14.5 Å². The second-order valence-electron chi connectivity index (χ2n) is 4.91. The van der Waals surface area contributed by atoms with Crippen LogP contribution in [-0.4, -0.2) is 44.3 Å². The van der Waals surface area contributed by atoms with Gasteiger partial charge < -0.3 is 33.8 Å². The van der Waals surface area contributed by atoms with E-state index < -0.39 is 26.6 Å². The molecule has 0 radical (unpaired) electrons. The van der Waals surface area contributed by atoms with Crippen molar-refractivity contribution in [1.82, 2.24) is 9.88 Å². The molecule has 26 heavy (non-hydrogen) atoms. The third kappa shape index (κ3) is 10.3. The van der Waals surface area contributed by atoms with E-state index in [1.807, 2.05) is 0 Å². The molecule has 1 atom stereocenters. The van der Waals surface area contributed by atoms with E-state index in [1.165, 1.54) is 6.20 Å². The fourth-order valence-corrected chi connectivity index (χ4v) is 4.70. The topological polar surface area (TPSA) is 163 Å². The molecule has 10 nitrogen and oxygen atoms in total. The van der Waals surface area contributed by atoms with Crippen LogP contribution >= 0.6 is 15.2 Å². The third-order valence-corrected chi connectivity index (χ3v) is 6.42. The van der Waals surface area contributed by atoms with Crippen LogP contribution in [-0.2, 0) is 13.9 Å². The monoisotopic (exact) mass is 426 g/mol. The minimum absolute atomic E-state index is 0. The van der Waals surface area contributed by atoms with Crippen LogP contribution in [0, 0.1) is 0 Å². The Morgan fingerprint density at radius 3 is 2.31 bits per heavy atom. The first-order valence-corrected chi connectivity index (χ1v) is 10.2. The summed E-state index contributed by atoms with van der Waals surface area (Å²) in [6.07, 6.45) is 2.08. The molecule has 14 heteroatoms. The van der Waals surface area contributed by atoms with E-state index >= 15 is 0 Å². The molecule has 0 saturated carbocycles. The Hall–Kier alpha value is 0.720. The standard InChI is InChI=1S/C12H20N2O8P2.2Na/c1-10(15)14(12(23(16,17)18)24(19,20)21)8-4-5-9-22-11-6-2-3-7-13-11;;/h2-3,6-7,12H,4-5,8-9H2,1H3,(H2,16,17,18)(H2,19,20,21);;/q;2*+1/p-2. The van der Waals surface area contributed by atoms with Gasteiger partial charge in [-0.25, -0.2) is 4.98 Å². The van der Waals surface area contributed by atoms with E-state index in [0.717, 1.165) is 6.92 Å². The Labute approximate surface area is 195 Å². The summed E-state index contributed by atoms with van der Waals surface area (Å²) >= 11 is 0. The SMILES string of the molecule is CC(=O)N(CCCCOc1ccccn1)C(P(=O)([O-])[O-])P(=O)(O)O.[Na+].[Na+]. The number of carbonyl (C=O) groups excluding carboxylic acids is 1. The summed E-state index contributed by atoms with van der Waals surface area (Å²) in [5, 5.41) is 0. The summed E-state index contributed by atoms with van der Waals surface area (Å²) in [6.45, 7) is 0.837. The van der Waals surface area contributed by atoms with Gasteiger partial charge in [0.15, 0.2) is 5.52 Å². The molecule has 0 aromatic carbocycles. The van der Waals surface area contributed by atoms with E-state index in [1.54, 1.807) is 18.2 Å².